The summed E-state index contributed by atoms with van der Waals surface area (Å²) in [6, 6.07) is -1.62. The number of halogens is 2. The highest BCUT2D eigenvalue weighted by atomic mass is 35.5. The van der Waals surface area contributed by atoms with Crippen LogP contribution in [0.15, 0.2) is 82.2 Å². The van der Waals surface area contributed by atoms with Crippen molar-refractivity contribution in [2.75, 3.05) is 20.3 Å². The first-order chi connectivity index (χ1) is 26.1. The Bertz CT molecular complexity index is 1610. The zero-order valence-corrected chi connectivity index (χ0v) is 31.6. The monoisotopic (exact) mass is 816 g/mol. The number of nitrogens with two attached hydrogens (primary N) is 1. The van der Waals surface area contributed by atoms with Gasteiger partial charge in [0.2, 0.25) is 5.91 Å². The van der Waals surface area contributed by atoms with Crippen LogP contribution in [0.25, 0.3) is 0 Å². The number of carbonyl (C=O) groups is 3. The minimum absolute atomic E-state index is 0.404. The smallest absolute Gasteiger partial charge is 0.264 e. The zero-order valence-electron chi connectivity index (χ0n) is 30.0. The number of rotatable bonds is 14. The lowest BCUT2D eigenvalue weighted by atomic mass is 10.0. The predicted molar refractivity (Wildman–Crippen MR) is 194 cm³/mol. The summed E-state index contributed by atoms with van der Waals surface area (Å²) in [7, 11) is 1.34. The number of ether oxygens (including phenoxy) is 6. The topological polar surface area (TPSA) is 257 Å². The molecule has 4 heterocycles. The number of aliphatic hydroxyl groups excluding tert-OH is 6. The number of primary amides is 1. The second kappa shape index (κ2) is 20.2. The number of carbonyl (C=O) groups excluding carboxylic acids is 3. The van der Waals surface area contributed by atoms with Crippen molar-refractivity contribution in [3.63, 3.8) is 0 Å². The van der Waals surface area contributed by atoms with Crippen molar-refractivity contribution in [3.8, 4) is 0 Å². The van der Waals surface area contributed by atoms with E-state index in [-0.39, 0.29) is 0 Å². The Morgan fingerprint density at radius 2 is 1.55 bits per heavy atom. The largest absolute Gasteiger partial charge is 0.507 e. The van der Waals surface area contributed by atoms with Gasteiger partial charge in [-0.05, 0) is 32.1 Å². The fourth-order valence-corrected chi connectivity index (χ4v) is 6.58. The van der Waals surface area contributed by atoms with Gasteiger partial charge >= 0.3 is 0 Å². The van der Waals surface area contributed by atoms with Crippen LogP contribution in [0.5, 0.6) is 0 Å². The Balaban J connectivity index is 1.50. The fourth-order valence-electron chi connectivity index (χ4n) is 6.17. The van der Waals surface area contributed by atoms with Gasteiger partial charge in [0.05, 0.1) is 25.7 Å². The highest BCUT2D eigenvalue weighted by molar-refractivity contribution is 6.34. The Labute approximate surface area is 326 Å². The molecule has 0 aromatic carbocycles. The molecule has 19 heteroatoms. The number of hydrogen-bond donors (Lipinski definition) is 7. The molecule has 304 valence electrons. The summed E-state index contributed by atoms with van der Waals surface area (Å²) in [5, 5.41) is 65.5. The summed E-state index contributed by atoms with van der Waals surface area (Å²) >= 11 is 11.8. The Kier molecular flexibility index (Phi) is 16.4. The van der Waals surface area contributed by atoms with Gasteiger partial charge in [-0.1, -0.05) is 65.7 Å². The molecule has 4 saturated heterocycles. The minimum Gasteiger partial charge on any atom is -0.507 e. The van der Waals surface area contributed by atoms with Gasteiger partial charge in [0.15, 0.2) is 24.6 Å². The summed E-state index contributed by atoms with van der Waals surface area (Å²) < 4.78 is 33.7. The molecular formula is C36H46Cl2N2O15. The van der Waals surface area contributed by atoms with Crippen LogP contribution < -0.4 is 5.73 Å². The average Bonchev–Trinajstić information content (AvgIpc) is 3.53. The molecule has 0 spiro atoms. The SMILES string of the molecule is CO[C@@H]1[C@H](O[C@@H]2CO[C@@H](O[C@@H]3[C@@H](O)[C@H](O)CO[C@H]3N3C(=O)/C(=C(O)/C=C/C=C/C=C/C=C/C=C(Cl)/C=C(/C)Cl)C(=O)[C@@H]3CC(N)=O)[C@@H](O)[C@@H]2O)O[C@H](C)[C@H]1O. The molecule has 0 bridgehead atoms. The molecule has 0 saturated carbocycles. The number of Topliss-reactive ketones (excluding diaryl/α,β-unsaturated/α-hetero) is 1. The second-order valence-corrected chi connectivity index (χ2v) is 14.0. The summed E-state index contributed by atoms with van der Waals surface area (Å²) in [5.74, 6) is -3.83. The number of allylic oxidation sites excluding steroid dienone is 12. The van der Waals surface area contributed by atoms with E-state index in [1.54, 1.807) is 56.4 Å². The highest BCUT2D eigenvalue weighted by Gasteiger charge is 2.56. The zero-order chi connectivity index (χ0) is 40.6. The molecule has 17 nitrogen and oxygen atoms in total. The second-order valence-electron chi connectivity index (χ2n) is 13.0. The first-order valence-corrected chi connectivity index (χ1v) is 17.9. The van der Waals surface area contributed by atoms with E-state index in [1.165, 1.54) is 19.3 Å². The molecule has 0 aliphatic carbocycles. The molecule has 2 amide bonds. The number of ketones is 1. The quantitative estimate of drug-likeness (QED) is 0.0527. The lowest BCUT2D eigenvalue weighted by Crippen LogP contribution is -2.65. The Morgan fingerprint density at radius 3 is 2.18 bits per heavy atom. The van der Waals surface area contributed by atoms with Crippen LogP contribution in [-0.4, -0.2) is 153 Å². The van der Waals surface area contributed by atoms with E-state index < -0.39 is 128 Å². The number of amides is 2. The van der Waals surface area contributed by atoms with Crippen LogP contribution in [0.1, 0.15) is 20.3 Å². The molecule has 4 aliphatic rings. The summed E-state index contributed by atoms with van der Waals surface area (Å²) in [5.41, 5.74) is 4.70. The molecule has 0 unspecified atom stereocenters. The van der Waals surface area contributed by atoms with E-state index in [4.69, 9.17) is 57.4 Å². The van der Waals surface area contributed by atoms with Gasteiger partial charge in [-0.25, -0.2) is 0 Å². The van der Waals surface area contributed by atoms with Crippen molar-refractivity contribution in [1.29, 1.82) is 0 Å². The summed E-state index contributed by atoms with van der Waals surface area (Å²) in [4.78, 5) is 40.2. The molecule has 0 radical (unpaired) electrons. The molecule has 0 aromatic heterocycles. The molecule has 8 N–H and O–H groups in total. The third-order valence-electron chi connectivity index (χ3n) is 8.96. The van der Waals surface area contributed by atoms with Crippen LogP contribution in [0.3, 0.4) is 0 Å². The first kappa shape index (κ1) is 44.4. The molecular weight excluding hydrogens is 771 g/mol. The van der Waals surface area contributed by atoms with E-state index >= 15 is 0 Å². The van der Waals surface area contributed by atoms with Crippen LogP contribution in [0.2, 0.25) is 0 Å². The van der Waals surface area contributed by atoms with Gasteiger partial charge < -0.3 is 64.8 Å². The Morgan fingerprint density at radius 1 is 0.891 bits per heavy atom. The van der Waals surface area contributed by atoms with Gasteiger partial charge in [0.25, 0.3) is 5.91 Å². The summed E-state index contributed by atoms with van der Waals surface area (Å²) in [6.45, 7) is 2.32. The number of methoxy groups -OCH3 is 1. The third kappa shape index (κ3) is 11.0. The van der Waals surface area contributed by atoms with Crippen LogP contribution in [-0.2, 0) is 42.8 Å². The summed E-state index contributed by atoms with van der Waals surface area (Å²) in [6.07, 6.45) is -2.29. The van der Waals surface area contributed by atoms with Crippen molar-refractivity contribution in [3.05, 3.63) is 82.2 Å². The number of hydrogen-bond acceptors (Lipinski definition) is 15. The number of aliphatic hydroxyl groups is 6. The van der Waals surface area contributed by atoms with Crippen LogP contribution in [0, 0.1) is 0 Å². The van der Waals surface area contributed by atoms with E-state index in [2.05, 4.69) is 0 Å². The molecule has 55 heavy (non-hydrogen) atoms. The van der Waals surface area contributed by atoms with E-state index in [9.17, 15) is 45.0 Å². The van der Waals surface area contributed by atoms with Gasteiger partial charge in [0, 0.05) is 17.2 Å². The van der Waals surface area contributed by atoms with Gasteiger partial charge in [0.1, 0.15) is 66.2 Å². The Hall–Kier alpha value is -3.27. The standard InChI is InChI=1S/C36H46Cl2N2O15/c1-17(37)13-19(38)11-9-7-5-4-6-8-10-12-21(41)25-27(45)20(14-24(39)43)40(33(25)49)34-31(28(46)22(42)15-51-34)55-35-30(48)29(47)23(16-52-35)54-36-32(50-3)26(44)18(2)53-36/h4-13,18,20,22-23,26,28-32,34-36,41-42,44,46-48H,14-16H2,1-3H3,(H2,39,43)/b5-4+,8-6+,9-7+,12-10+,17-13-,19-11-,25-21-/t18-,20+,22-,23-,26-,28+,29-,30+,31-,32+,34-,35+,36+/m1/s1. The molecule has 4 rings (SSSR count). The lowest BCUT2D eigenvalue weighted by molar-refractivity contribution is -0.338. The molecule has 4 fully saturated rings. The van der Waals surface area contributed by atoms with Crippen molar-refractivity contribution in [2.24, 2.45) is 5.73 Å². The normalized spacial score (nSPS) is 37.8. The highest BCUT2D eigenvalue weighted by Crippen LogP contribution is 2.35. The van der Waals surface area contributed by atoms with Crippen LogP contribution in [0.4, 0.5) is 0 Å². The molecule has 13 atom stereocenters. The first-order valence-electron chi connectivity index (χ1n) is 17.2. The minimum atomic E-state index is -1.85. The number of nitrogens with zero attached hydrogens (tertiary/aromatic N) is 1. The van der Waals surface area contributed by atoms with E-state index in [0.717, 1.165) is 11.0 Å². The predicted octanol–water partition coefficient (Wildman–Crippen LogP) is -0.00880. The molecule has 0 aromatic rings. The fraction of sp³-hybridized carbons (Fsp3) is 0.528. The third-order valence-corrected chi connectivity index (χ3v) is 9.31. The van der Waals surface area contributed by atoms with Crippen molar-refractivity contribution in [1.82, 2.24) is 4.90 Å². The van der Waals surface area contributed by atoms with E-state index in [1.807, 2.05) is 0 Å². The van der Waals surface area contributed by atoms with Crippen molar-refractivity contribution < 1.29 is 73.4 Å². The van der Waals surface area contributed by atoms with Crippen molar-refractivity contribution in [2.45, 2.75) is 100 Å². The lowest BCUT2D eigenvalue weighted by Gasteiger charge is -2.46. The maximum absolute atomic E-state index is 13.8. The number of likely N-dealkylation sites (tertiary alicyclic amines) is 1. The molecule has 4 aliphatic heterocycles. The van der Waals surface area contributed by atoms with Crippen molar-refractivity contribution >= 4 is 40.8 Å². The van der Waals surface area contributed by atoms with Gasteiger partial charge in [-0.15, -0.1) is 0 Å². The average molecular weight is 818 g/mol. The van der Waals surface area contributed by atoms with Crippen LogP contribution >= 0.6 is 23.2 Å². The van der Waals surface area contributed by atoms with Gasteiger partial charge in [-0.3, -0.25) is 19.3 Å². The maximum Gasteiger partial charge on any atom is 0.264 e. The van der Waals surface area contributed by atoms with E-state index in [0.29, 0.717) is 10.1 Å². The van der Waals surface area contributed by atoms with Gasteiger partial charge in [-0.2, -0.15) is 0 Å². The maximum atomic E-state index is 13.8.